The van der Waals surface area contributed by atoms with Crippen LogP contribution in [-0.4, -0.2) is 49.2 Å². The Hall–Kier alpha value is -3.20. The van der Waals surface area contributed by atoms with Crippen molar-refractivity contribution in [2.45, 2.75) is 5.22 Å². The highest BCUT2D eigenvalue weighted by Crippen LogP contribution is 2.24. The largest absolute Gasteiger partial charge is 0.497 e. The molecule has 0 radical (unpaired) electrons. The highest BCUT2D eigenvalue weighted by atomic mass is 32.2. The fraction of sp³-hybridized carbons (Fsp3) is 0.250. The molecule has 1 amide bonds. The van der Waals surface area contributed by atoms with Crippen LogP contribution in [0.3, 0.4) is 0 Å². The zero-order valence-electron chi connectivity index (χ0n) is 16.1. The summed E-state index contributed by atoms with van der Waals surface area (Å²) in [7, 11) is 3.20. The molecule has 0 atom stereocenters. The SMILES string of the molecule is COc1ccc(-c2nnc(SCC(=O)NCCOc3cccc(OC)c3)o2)cc1. The number of benzene rings is 2. The van der Waals surface area contributed by atoms with Crippen molar-refractivity contribution >= 4 is 17.7 Å². The van der Waals surface area contributed by atoms with Gasteiger partial charge < -0.3 is 23.9 Å². The molecule has 0 fully saturated rings. The maximum Gasteiger partial charge on any atom is 0.277 e. The van der Waals surface area contributed by atoms with Gasteiger partial charge in [0, 0.05) is 11.6 Å². The lowest BCUT2D eigenvalue weighted by atomic mass is 10.2. The summed E-state index contributed by atoms with van der Waals surface area (Å²) in [6, 6.07) is 14.6. The monoisotopic (exact) mass is 415 g/mol. The van der Waals surface area contributed by atoms with Gasteiger partial charge in [0.1, 0.15) is 23.9 Å². The van der Waals surface area contributed by atoms with E-state index in [0.29, 0.717) is 30.0 Å². The van der Waals surface area contributed by atoms with Crippen molar-refractivity contribution in [2.75, 3.05) is 33.1 Å². The second-order valence-electron chi connectivity index (χ2n) is 5.77. The number of hydrogen-bond acceptors (Lipinski definition) is 8. The lowest BCUT2D eigenvalue weighted by molar-refractivity contribution is -0.118. The van der Waals surface area contributed by atoms with E-state index < -0.39 is 0 Å². The second kappa shape index (κ2) is 10.4. The van der Waals surface area contributed by atoms with E-state index in [1.54, 1.807) is 20.3 Å². The van der Waals surface area contributed by atoms with Gasteiger partial charge in [0.25, 0.3) is 5.22 Å². The molecule has 1 aromatic heterocycles. The molecule has 0 aliphatic heterocycles. The minimum atomic E-state index is -0.145. The summed E-state index contributed by atoms with van der Waals surface area (Å²) in [4.78, 5) is 12.0. The molecule has 0 saturated carbocycles. The number of hydrogen-bond donors (Lipinski definition) is 1. The molecule has 3 rings (SSSR count). The van der Waals surface area contributed by atoms with E-state index in [-0.39, 0.29) is 11.7 Å². The highest BCUT2D eigenvalue weighted by molar-refractivity contribution is 7.99. The normalized spacial score (nSPS) is 10.4. The molecule has 1 N–H and O–H groups in total. The number of aromatic nitrogens is 2. The van der Waals surface area contributed by atoms with Crippen LogP contribution in [0.15, 0.2) is 58.2 Å². The quantitative estimate of drug-likeness (QED) is 0.399. The Labute approximate surface area is 172 Å². The third-order valence-electron chi connectivity index (χ3n) is 3.80. The van der Waals surface area contributed by atoms with Gasteiger partial charge in [0.05, 0.1) is 26.5 Å². The fourth-order valence-electron chi connectivity index (χ4n) is 2.35. The predicted molar refractivity (Wildman–Crippen MR) is 109 cm³/mol. The Balaban J connectivity index is 1.38. The lowest BCUT2D eigenvalue weighted by Gasteiger charge is -2.08. The average Bonchev–Trinajstić information content (AvgIpc) is 3.24. The van der Waals surface area contributed by atoms with Crippen molar-refractivity contribution < 1.29 is 23.4 Å². The molecule has 0 spiro atoms. The smallest absolute Gasteiger partial charge is 0.277 e. The summed E-state index contributed by atoms with van der Waals surface area (Å²) in [6.45, 7) is 0.739. The van der Waals surface area contributed by atoms with E-state index in [9.17, 15) is 4.79 Å². The number of methoxy groups -OCH3 is 2. The van der Waals surface area contributed by atoms with Gasteiger partial charge in [-0.3, -0.25) is 4.79 Å². The van der Waals surface area contributed by atoms with Gasteiger partial charge in [-0.25, -0.2) is 0 Å². The maximum atomic E-state index is 12.0. The first-order valence-corrected chi connectivity index (χ1v) is 9.81. The zero-order chi connectivity index (χ0) is 20.5. The van der Waals surface area contributed by atoms with E-state index in [2.05, 4.69) is 15.5 Å². The summed E-state index contributed by atoms with van der Waals surface area (Å²) in [5.74, 6) is 2.57. The summed E-state index contributed by atoms with van der Waals surface area (Å²) in [6.07, 6.45) is 0. The Morgan fingerprint density at radius 3 is 2.55 bits per heavy atom. The van der Waals surface area contributed by atoms with Crippen molar-refractivity contribution in [1.82, 2.24) is 15.5 Å². The summed E-state index contributed by atoms with van der Waals surface area (Å²) in [5.41, 5.74) is 0.782. The number of ether oxygens (including phenoxy) is 3. The van der Waals surface area contributed by atoms with Gasteiger partial charge in [-0.15, -0.1) is 10.2 Å². The van der Waals surface area contributed by atoms with Crippen molar-refractivity contribution in [3.63, 3.8) is 0 Å². The number of amides is 1. The summed E-state index contributed by atoms with van der Waals surface area (Å²) < 4.78 is 21.4. The maximum absolute atomic E-state index is 12.0. The minimum Gasteiger partial charge on any atom is -0.497 e. The van der Waals surface area contributed by atoms with E-state index >= 15 is 0 Å². The number of nitrogens with zero attached hydrogens (tertiary/aromatic N) is 2. The van der Waals surface area contributed by atoms with E-state index in [1.807, 2.05) is 42.5 Å². The lowest BCUT2D eigenvalue weighted by Crippen LogP contribution is -2.29. The van der Waals surface area contributed by atoms with Crippen LogP contribution in [-0.2, 0) is 4.79 Å². The predicted octanol–water partition coefficient (Wildman–Crippen LogP) is 3.04. The van der Waals surface area contributed by atoms with Gasteiger partial charge in [-0.2, -0.15) is 0 Å². The molecule has 0 saturated heterocycles. The Morgan fingerprint density at radius 2 is 1.79 bits per heavy atom. The van der Waals surface area contributed by atoms with Crippen LogP contribution in [0.1, 0.15) is 0 Å². The molecular weight excluding hydrogens is 394 g/mol. The first kappa shape index (κ1) is 20.5. The Morgan fingerprint density at radius 1 is 1.03 bits per heavy atom. The van der Waals surface area contributed by atoms with Crippen molar-refractivity contribution in [3.8, 4) is 28.7 Å². The standard InChI is InChI=1S/C20H21N3O5S/c1-25-15-8-6-14(7-9-15)19-22-23-20(28-19)29-13-18(24)21-10-11-27-17-5-3-4-16(12-17)26-2/h3-9,12H,10-11,13H2,1-2H3,(H,21,24). The number of nitrogens with one attached hydrogen (secondary N) is 1. The molecule has 1 heterocycles. The first-order valence-electron chi connectivity index (χ1n) is 8.82. The van der Waals surface area contributed by atoms with Crippen LogP contribution in [0.4, 0.5) is 0 Å². The first-order chi connectivity index (χ1) is 14.2. The third-order valence-corrected chi connectivity index (χ3v) is 4.62. The summed E-state index contributed by atoms with van der Waals surface area (Å²) in [5, 5.41) is 11.1. The number of carbonyl (C=O) groups is 1. The van der Waals surface area contributed by atoms with Crippen LogP contribution in [0, 0.1) is 0 Å². The molecular formula is C20H21N3O5S. The number of thioether (sulfide) groups is 1. The number of rotatable bonds is 10. The molecule has 3 aromatic rings. The average molecular weight is 415 g/mol. The minimum absolute atomic E-state index is 0.145. The molecule has 29 heavy (non-hydrogen) atoms. The van der Waals surface area contributed by atoms with Gasteiger partial charge in [0.15, 0.2) is 0 Å². The molecule has 0 unspecified atom stereocenters. The van der Waals surface area contributed by atoms with Crippen LogP contribution in [0.25, 0.3) is 11.5 Å². The van der Waals surface area contributed by atoms with Crippen LogP contribution in [0.2, 0.25) is 0 Å². The van der Waals surface area contributed by atoms with Gasteiger partial charge in [-0.1, -0.05) is 17.8 Å². The van der Waals surface area contributed by atoms with Crippen LogP contribution in [0.5, 0.6) is 17.2 Å². The van der Waals surface area contributed by atoms with Crippen molar-refractivity contribution in [3.05, 3.63) is 48.5 Å². The second-order valence-corrected chi connectivity index (χ2v) is 6.69. The van der Waals surface area contributed by atoms with Crippen LogP contribution < -0.4 is 19.5 Å². The van der Waals surface area contributed by atoms with Gasteiger partial charge >= 0.3 is 0 Å². The van der Waals surface area contributed by atoms with Crippen molar-refractivity contribution in [1.29, 1.82) is 0 Å². The van der Waals surface area contributed by atoms with Gasteiger partial charge in [0.2, 0.25) is 11.8 Å². The van der Waals surface area contributed by atoms with E-state index in [0.717, 1.165) is 17.1 Å². The molecule has 0 bridgehead atoms. The summed E-state index contributed by atoms with van der Waals surface area (Å²) >= 11 is 1.18. The van der Waals surface area contributed by atoms with Crippen molar-refractivity contribution in [2.24, 2.45) is 0 Å². The zero-order valence-corrected chi connectivity index (χ0v) is 16.9. The molecule has 8 nitrogen and oxygen atoms in total. The van der Waals surface area contributed by atoms with Gasteiger partial charge in [-0.05, 0) is 36.4 Å². The molecule has 0 aliphatic rings. The third kappa shape index (κ3) is 6.15. The number of carbonyl (C=O) groups excluding carboxylic acids is 1. The van der Waals surface area contributed by atoms with E-state index in [4.69, 9.17) is 18.6 Å². The molecule has 152 valence electrons. The Kier molecular flexibility index (Phi) is 7.34. The topological polar surface area (TPSA) is 95.7 Å². The molecule has 9 heteroatoms. The Bertz CT molecular complexity index is 930. The fourth-order valence-corrected chi connectivity index (χ4v) is 2.94. The highest BCUT2D eigenvalue weighted by Gasteiger charge is 2.11. The molecule has 2 aromatic carbocycles. The van der Waals surface area contributed by atoms with E-state index in [1.165, 1.54) is 11.8 Å². The molecule has 0 aliphatic carbocycles. The van der Waals surface area contributed by atoms with Crippen LogP contribution >= 0.6 is 11.8 Å².